The van der Waals surface area contributed by atoms with E-state index in [4.69, 9.17) is 14.2 Å². The van der Waals surface area contributed by atoms with Crippen molar-refractivity contribution < 1.29 is 19.0 Å². The SMILES string of the molecule is C=CCOc1ccc(/C=C/C(=O)Nc2nc(-c3ccccc3OC)cs2)cc1OC. The second-order valence-corrected chi connectivity index (χ2v) is 6.93. The van der Waals surface area contributed by atoms with Gasteiger partial charge in [0.1, 0.15) is 12.4 Å². The molecule has 0 fully saturated rings. The van der Waals surface area contributed by atoms with Gasteiger partial charge in [0, 0.05) is 17.0 Å². The van der Waals surface area contributed by atoms with E-state index in [-0.39, 0.29) is 5.91 Å². The maximum Gasteiger partial charge on any atom is 0.250 e. The van der Waals surface area contributed by atoms with Gasteiger partial charge in [-0.15, -0.1) is 11.3 Å². The lowest BCUT2D eigenvalue weighted by Gasteiger charge is -2.09. The monoisotopic (exact) mass is 422 g/mol. The molecule has 0 bridgehead atoms. The van der Waals surface area contributed by atoms with Gasteiger partial charge in [-0.1, -0.05) is 30.9 Å². The number of amides is 1. The van der Waals surface area contributed by atoms with Gasteiger partial charge < -0.3 is 14.2 Å². The van der Waals surface area contributed by atoms with Crippen molar-refractivity contribution in [2.45, 2.75) is 0 Å². The van der Waals surface area contributed by atoms with E-state index in [1.54, 1.807) is 38.5 Å². The topological polar surface area (TPSA) is 69.7 Å². The Kier molecular flexibility index (Phi) is 7.24. The molecule has 1 aromatic heterocycles. The summed E-state index contributed by atoms with van der Waals surface area (Å²) in [7, 11) is 3.18. The van der Waals surface area contributed by atoms with E-state index < -0.39 is 0 Å². The van der Waals surface area contributed by atoms with Crippen LogP contribution in [0.2, 0.25) is 0 Å². The molecule has 3 rings (SSSR count). The molecule has 6 nitrogen and oxygen atoms in total. The van der Waals surface area contributed by atoms with Gasteiger partial charge in [-0.3, -0.25) is 10.1 Å². The first kappa shape index (κ1) is 21.1. The maximum atomic E-state index is 12.3. The van der Waals surface area contributed by atoms with Gasteiger partial charge >= 0.3 is 0 Å². The van der Waals surface area contributed by atoms with Crippen LogP contribution in [0.4, 0.5) is 5.13 Å². The van der Waals surface area contributed by atoms with Gasteiger partial charge in [0.2, 0.25) is 5.91 Å². The summed E-state index contributed by atoms with van der Waals surface area (Å²) in [6.07, 6.45) is 4.81. The Morgan fingerprint density at radius 1 is 1.13 bits per heavy atom. The quantitative estimate of drug-likeness (QED) is 0.386. The molecule has 3 aromatic rings. The highest BCUT2D eigenvalue weighted by atomic mass is 32.1. The standard InChI is InChI=1S/C23H22N2O4S/c1-4-13-29-20-11-9-16(14-21(20)28-3)10-12-22(26)25-23-24-18(15-30-23)17-7-5-6-8-19(17)27-2/h4-12,14-15H,1,13H2,2-3H3,(H,24,25,26)/b12-10+. The Morgan fingerprint density at radius 2 is 1.93 bits per heavy atom. The zero-order chi connectivity index (χ0) is 21.3. The lowest BCUT2D eigenvalue weighted by Crippen LogP contribution is -2.07. The number of hydrogen-bond donors (Lipinski definition) is 1. The fourth-order valence-corrected chi connectivity index (χ4v) is 3.40. The molecule has 0 aliphatic rings. The Labute approximate surface area is 179 Å². The molecule has 0 aliphatic heterocycles. The molecule has 0 radical (unpaired) electrons. The number of thiazole rings is 1. The van der Waals surface area contributed by atoms with Crippen molar-refractivity contribution in [1.82, 2.24) is 4.98 Å². The van der Waals surface area contributed by atoms with Crippen LogP contribution in [0, 0.1) is 0 Å². The Morgan fingerprint density at radius 3 is 2.70 bits per heavy atom. The number of hydrogen-bond acceptors (Lipinski definition) is 6. The smallest absolute Gasteiger partial charge is 0.250 e. The minimum atomic E-state index is -0.276. The third-order valence-corrected chi connectivity index (χ3v) is 4.85. The van der Waals surface area contributed by atoms with E-state index in [1.807, 2.05) is 35.7 Å². The summed E-state index contributed by atoms with van der Waals surface area (Å²) in [5.74, 6) is 1.66. The van der Waals surface area contributed by atoms with Gasteiger partial charge in [0.25, 0.3) is 0 Å². The predicted molar refractivity (Wildman–Crippen MR) is 120 cm³/mol. The Bertz CT molecular complexity index is 1060. The van der Waals surface area contributed by atoms with Crippen LogP contribution < -0.4 is 19.5 Å². The van der Waals surface area contributed by atoms with E-state index in [0.717, 1.165) is 22.6 Å². The van der Waals surface area contributed by atoms with Crippen LogP contribution in [0.1, 0.15) is 5.56 Å². The fraction of sp³-hybridized carbons (Fsp3) is 0.130. The average Bonchev–Trinajstić information content (AvgIpc) is 3.24. The molecule has 30 heavy (non-hydrogen) atoms. The molecule has 2 aromatic carbocycles. The molecule has 1 N–H and O–H groups in total. The summed E-state index contributed by atoms with van der Waals surface area (Å²) < 4.78 is 16.2. The number of methoxy groups -OCH3 is 2. The first-order valence-corrected chi connectivity index (χ1v) is 10.0. The first-order chi connectivity index (χ1) is 14.6. The molecular weight excluding hydrogens is 400 g/mol. The number of carbonyl (C=O) groups is 1. The molecule has 0 atom stereocenters. The van der Waals surface area contributed by atoms with Crippen molar-refractivity contribution in [3.05, 3.63) is 72.1 Å². The molecule has 0 spiro atoms. The summed E-state index contributed by atoms with van der Waals surface area (Å²) in [5.41, 5.74) is 2.43. The van der Waals surface area contributed by atoms with Crippen molar-refractivity contribution in [3.8, 4) is 28.5 Å². The average molecular weight is 423 g/mol. The van der Waals surface area contributed by atoms with E-state index in [1.165, 1.54) is 17.4 Å². The summed E-state index contributed by atoms with van der Waals surface area (Å²) in [4.78, 5) is 16.8. The minimum Gasteiger partial charge on any atom is -0.496 e. The number of para-hydroxylation sites is 1. The lowest BCUT2D eigenvalue weighted by atomic mass is 10.1. The largest absolute Gasteiger partial charge is 0.496 e. The molecule has 0 unspecified atom stereocenters. The molecular formula is C23H22N2O4S. The third kappa shape index (κ3) is 5.27. The van der Waals surface area contributed by atoms with Gasteiger partial charge in [-0.05, 0) is 35.9 Å². The van der Waals surface area contributed by atoms with E-state index in [9.17, 15) is 4.79 Å². The molecule has 0 aliphatic carbocycles. The number of carbonyl (C=O) groups excluding carboxylic acids is 1. The summed E-state index contributed by atoms with van der Waals surface area (Å²) >= 11 is 1.35. The Hall–Kier alpha value is -3.58. The van der Waals surface area contributed by atoms with Crippen LogP contribution in [-0.4, -0.2) is 31.7 Å². The minimum absolute atomic E-state index is 0.276. The number of aromatic nitrogens is 1. The van der Waals surface area contributed by atoms with Gasteiger partial charge in [-0.25, -0.2) is 4.98 Å². The van der Waals surface area contributed by atoms with Crippen molar-refractivity contribution in [2.75, 3.05) is 26.1 Å². The van der Waals surface area contributed by atoms with Crippen LogP contribution in [-0.2, 0) is 4.79 Å². The van der Waals surface area contributed by atoms with Crippen molar-refractivity contribution in [1.29, 1.82) is 0 Å². The van der Waals surface area contributed by atoms with Crippen LogP contribution in [0.25, 0.3) is 17.3 Å². The highest BCUT2D eigenvalue weighted by molar-refractivity contribution is 7.14. The van der Waals surface area contributed by atoms with Crippen molar-refractivity contribution in [3.63, 3.8) is 0 Å². The number of ether oxygens (including phenoxy) is 3. The molecule has 1 heterocycles. The molecule has 7 heteroatoms. The third-order valence-electron chi connectivity index (χ3n) is 4.09. The van der Waals surface area contributed by atoms with E-state index >= 15 is 0 Å². The van der Waals surface area contributed by atoms with Crippen molar-refractivity contribution in [2.24, 2.45) is 0 Å². The van der Waals surface area contributed by atoms with Crippen LogP contribution in [0.15, 0.2) is 66.6 Å². The molecule has 0 saturated carbocycles. The molecule has 1 amide bonds. The predicted octanol–water partition coefficient (Wildman–Crippen LogP) is 5.04. The molecule has 154 valence electrons. The summed E-state index contributed by atoms with van der Waals surface area (Å²) in [6, 6.07) is 13.0. The normalized spacial score (nSPS) is 10.6. The fourth-order valence-electron chi connectivity index (χ4n) is 2.69. The zero-order valence-corrected chi connectivity index (χ0v) is 17.6. The van der Waals surface area contributed by atoms with Crippen LogP contribution in [0.5, 0.6) is 17.2 Å². The number of nitrogens with one attached hydrogen (secondary N) is 1. The highest BCUT2D eigenvalue weighted by Gasteiger charge is 2.10. The van der Waals surface area contributed by atoms with Crippen molar-refractivity contribution >= 4 is 28.5 Å². The highest BCUT2D eigenvalue weighted by Crippen LogP contribution is 2.32. The second kappa shape index (κ2) is 10.3. The zero-order valence-electron chi connectivity index (χ0n) is 16.8. The second-order valence-electron chi connectivity index (χ2n) is 6.07. The number of nitrogens with zero attached hydrogens (tertiary/aromatic N) is 1. The summed E-state index contributed by atoms with van der Waals surface area (Å²) in [5, 5.41) is 5.17. The maximum absolute atomic E-state index is 12.3. The Balaban J connectivity index is 1.67. The number of rotatable bonds is 9. The molecule has 0 saturated heterocycles. The van der Waals surface area contributed by atoms with Crippen LogP contribution >= 0.6 is 11.3 Å². The first-order valence-electron chi connectivity index (χ1n) is 9.14. The van der Waals surface area contributed by atoms with Gasteiger partial charge in [0.05, 0.1) is 19.9 Å². The number of anilines is 1. The lowest BCUT2D eigenvalue weighted by molar-refractivity contribution is -0.111. The van der Waals surface area contributed by atoms with E-state index in [0.29, 0.717) is 23.2 Å². The van der Waals surface area contributed by atoms with Gasteiger partial charge in [0.15, 0.2) is 16.6 Å². The van der Waals surface area contributed by atoms with Crippen LogP contribution in [0.3, 0.4) is 0 Å². The number of benzene rings is 2. The van der Waals surface area contributed by atoms with E-state index in [2.05, 4.69) is 16.9 Å². The van der Waals surface area contributed by atoms with Gasteiger partial charge in [-0.2, -0.15) is 0 Å². The summed E-state index contributed by atoms with van der Waals surface area (Å²) in [6.45, 7) is 4.01.